The highest BCUT2D eigenvalue weighted by Crippen LogP contribution is 2.23. The standard InChI is InChI=1S/C16H21ClFNO2/c1-21-9-3-5-12-4-2-8-19(11-12)16(20)13-6-7-14(17)15(18)10-13/h6-7,10,12H,2-5,8-9,11H2,1H3. The van der Waals surface area contributed by atoms with Crippen molar-refractivity contribution < 1.29 is 13.9 Å². The fourth-order valence-electron chi connectivity index (χ4n) is 2.81. The van der Waals surface area contributed by atoms with E-state index in [1.54, 1.807) is 13.2 Å². The highest BCUT2D eigenvalue weighted by molar-refractivity contribution is 6.30. The van der Waals surface area contributed by atoms with Gasteiger partial charge in [-0.2, -0.15) is 0 Å². The van der Waals surface area contributed by atoms with Crippen molar-refractivity contribution in [1.29, 1.82) is 0 Å². The Labute approximate surface area is 130 Å². The van der Waals surface area contributed by atoms with Gasteiger partial charge in [-0.3, -0.25) is 4.79 Å². The molecule has 1 aliphatic heterocycles. The van der Waals surface area contributed by atoms with Crippen LogP contribution in [0.4, 0.5) is 4.39 Å². The van der Waals surface area contributed by atoms with Crippen LogP contribution < -0.4 is 0 Å². The smallest absolute Gasteiger partial charge is 0.253 e. The van der Waals surface area contributed by atoms with Gasteiger partial charge in [0, 0.05) is 32.4 Å². The SMILES string of the molecule is COCCCC1CCCN(C(=O)c2ccc(Cl)c(F)c2)C1. The van der Waals surface area contributed by atoms with Crippen molar-refractivity contribution in [1.82, 2.24) is 4.90 Å². The highest BCUT2D eigenvalue weighted by atomic mass is 35.5. The number of halogens is 2. The van der Waals surface area contributed by atoms with Crippen LogP contribution in [0.5, 0.6) is 0 Å². The second-order valence-corrected chi connectivity index (χ2v) is 5.93. The molecule has 1 unspecified atom stereocenters. The predicted octanol–water partition coefficient (Wildman–Crippen LogP) is 3.76. The lowest BCUT2D eigenvalue weighted by Gasteiger charge is -2.33. The van der Waals surface area contributed by atoms with Gasteiger partial charge in [-0.15, -0.1) is 0 Å². The van der Waals surface area contributed by atoms with Crippen LogP contribution in [0.25, 0.3) is 0 Å². The molecule has 0 radical (unpaired) electrons. The minimum absolute atomic E-state index is 0.0441. The molecule has 1 amide bonds. The number of rotatable bonds is 5. The van der Waals surface area contributed by atoms with E-state index in [-0.39, 0.29) is 10.9 Å². The molecule has 3 nitrogen and oxygen atoms in total. The number of amides is 1. The van der Waals surface area contributed by atoms with Gasteiger partial charge in [-0.25, -0.2) is 4.39 Å². The summed E-state index contributed by atoms with van der Waals surface area (Å²) in [5.41, 5.74) is 0.370. The molecule has 0 bridgehead atoms. The summed E-state index contributed by atoms with van der Waals surface area (Å²) in [6.45, 7) is 2.24. The second kappa shape index (κ2) is 7.76. The molecule has 2 rings (SSSR count). The number of carbonyl (C=O) groups is 1. The van der Waals surface area contributed by atoms with Crippen LogP contribution in [0.2, 0.25) is 5.02 Å². The van der Waals surface area contributed by atoms with Crippen LogP contribution in [0, 0.1) is 11.7 Å². The lowest BCUT2D eigenvalue weighted by Crippen LogP contribution is -2.40. The first-order valence-corrected chi connectivity index (χ1v) is 7.73. The summed E-state index contributed by atoms with van der Waals surface area (Å²) in [5.74, 6) is -0.145. The molecule has 1 atom stereocenters. The van der Waals surface area contributed by atoms with Gasteiger partial charge in [0.1, 0.15) is 5.82 Å². The van der Waals surface area contributed by atoms with Gasteiger partial charge in [0.15, 0.2) is 0 Å². The Morgan fingerprint density at radius 2 is 2.33 bits per heavy atom. The molecule has 1 fully saturated rings. The zero-order valence-corrected chi connectivity index (χ0v) is 13.0. The van der Waals surface area contributed by atoms with Crippen LogP contribution in [-0.2, 0) is 4.74 Å². The lowest BCUT2D eigenvalue weighted by molar-refractivity contribution is 0.0660. The molecule has 0 aromatic heterocycles. The summed E-state index contributed by atoms with van der Waals surface area (Å²) in [7, 11) is 1.70. The second-order valence-electron chi connectivity index (χ2n) is 5.52. The first-order valence-electron chi connectivity index (χ1n) is 7.35. The highest BCUT2D eigenvalue weighted by Gasteiger charge is 2.24. The van der Waals surface area contributed by atoms with Crippen LogP contribution in [0.3, 0.4) is 0 Å². The van der Waals surface area contributed by atoms with Crippen molar-refractivity contribution in [3.8, 4) is 0 Å². The molecule has 0 N–H and O–H groups in total. The number of hydrogen-bond acceptors (Lipinski definition) is 2. The van der Waals surface area contributed by atoms with E-state index in [1.807, 2.05) is 4.90 Å². The molecule has 5 heteroatoms. The molecule has 116 valence electrons. The van der Waals surface area contributed by atoms with Gasteiger partial charge in [0.05, 0.1) is 5.02 Å². The third kappa shape index (κ3) is 4.42. The minimum atomic E-state index is -0.545. The Hall–Kier alpha value is -1.13. The Balaban J connectivity index is 1.96. The van der Waals surface area contributed by atoms with Gasteiger partial charge in [-0.05, 0) is 49.8 Å². The number of likely N-dealkylation sites (tertiary alicyclic amines) is 1. The minimum Gasteiger partial charge on any atom is -0.385 e. The average molecular weight is 314 g/mol. The van der Waals surface area contributed by atoms with Crippen LogP contribution in [-0.4, -0.2) is 37.6 Å². The van der Waals surface area contributed by atoms with Crippen LogP contribution >= 0.6 is 11.6 Å². The number of methoxy groups -OCH3 is 1. The third-order valence-corrected chi connectivity index (χ3v) is 4.24. The molecular formula is C16H21ClFNO2. The average Bonchev–Trinajstić information content (AvgIpc) is 2.50. The molecular weight excluding hydrogens is 293 g/mol. The number of ether oxygens (including phenoxy) is 1. The Morgan fingerprint density at radius 1 is 1.52 bits per heavy atom. The van der Waals surface area contributed by atoms with Crippen LogP contribution in [0.1, 0.15) is 36.0 Å². The fourth-order valence-corrected chi connectivity index (χ4v) is 2.93. The molecule has 1 aromatic rings. The molecule has 1 saturated heterocycles. The van der Waals surface area contributed by atoms with Gasteiger partial charge in [0.25, 0.3) is 5.91 Å². The number of hydrogen-bond donors (Lipinski definition) is 0. The quantitative estimate of drug-likeness (QED) is 0.775. The fraction of sp³-hybridized carbons (Fsp3) is 0.562. The molecule has 21 heavy (non-hydrogen) atoms. The number of carbonyl (C=O) groups excluding carboxylic acids is 1. The van der Waals surface area contributed by atoms with E-state index in [1.165, 1.54) is 12.1 Å². The first-order chi connectivity index (χ1) is 10.1. The zero-order chi connectivity index (χ0) is 15.2. The summed E-state index contributed by atoms with van der Waals surface area (Å²) < 4.78 is 18.5. The number of nitrogens with zero attached hydrogens (tertiary/aromatic N) is 1. The lowest BCUT2D eigenvalue weighted by atomic mass is 9.93. The maximum absolute atomic E-state index is 13.5. The number of benzene rings is 1. The molecule has 1 aliphatic rings. The summed E-state index contributed by atoms with van der Waals surface area (Å²) >= 11 is 5.65. The van der Waals surface area contributed by atoms with E-state index in [0.29, 0.717) is 11.5 Å². The van der Waals surface area contributed by atoms with E-state index in [2.05, 4.69) is 0 Å². The molecule has 1 heterocycles. The van der Waals surface area contributed by atoms with Gasteiger partial charge in [0.2, 0.25) is 0 Å². The predicted molar refractivity (Wildman–Crippen MR) is 81.1 cm³/mol. The van der Waals surface area contributed by atoms with Gasteiger partial charge >= 0.3 is 0 Å². The summed E-state index contributed by atoms with van der Waals surface area (Å²) in [6, 6.07) is 4.24. The van der Waals surface area contributed by atoms with Crippen molar-refractivity contribution in [3.05, 3.63) is 34.6 Å². The largest absolute Gasteiger partial charge is 0.385 e. The van der Waals surface area contributed by atoms with Crippen molar-refractivity contribution >= 4 is 17.5 Å². The van der Waals surface area contributed by atoms with E-state index in [4.69, 9.17) is 16.3 Å². The third-order valence-electron chi connectivity index (χ3n) is 3.93. The van der Waals surface area contributed by atoms with Crippen molar-refractivity contribution in [2.45, 2.75) is 25.7 Å². The summed E-state index contributed by atoms with van der Waals surface area (Å²) in [5, 5.41) is 0.0441. The normalized spacial score (nSPS) is 18.8. The maximum atomic E-state index is 13.5. The van der Waals surface area contributed by atoms with E-state index >= 15 is 0 Å². The van der Waals surface area contributed by atoms with E-state index in [9.17, 15) is 9.18 Å². The van der Waals surface area contributed by atoms with Gasteiger partial charge < -0.3 is 9.64 Å². The van der Waals surface area contributed by atoms with Crippen molar-refractivity contribution in [3.63, 3.8) is 0 Å². The van der Waals surface area contributed by atoms with Crippen molar-refractivity contribution in [2.75, 3.05) is 26.8 Å². The van der Waals surface area contributed by atoms with Crippen molar-refractivity contribution in [2.24, 2.45) is 5.92 Å². The Morgan fingerprint density at radius 3 is 3.05 bits per heavy atom. The van der Waals surface area contributed by atoms with E-state index in [0.717, 1.165) is 45.4 Å². The zero-order valence-electron chi connectivity index (χ0n) is 12.3. The molecule has 0 spiro atoms. The Bertz CT molecular complexity index is 495. The molecule has 1 aromatic carbocycles. The monoisotopic (exact) mass is 313 g/mol. The summed E-state index contributed by atoms with van der Waals surface area (Å²) in [6.07, 6.45) is 4.22. The molecule has 0 saturated carbocycles. The topological polar surface area (TPSA) is 29.5 Å². The molecule has 0 aliphatic carbocycles. The van der Waals surface area contributed by atoms with Crippen LogP contribution in [0.15, 0.2) is 18.2 Å². The maximum Gasteiger partial charge on any atom is 0.253 e. The van der Waals surface area contributed by atoms with E-state index < -0.39 is 5.82 Å². The Kier molecular flexibility index (Phi) is 6.00. The first kappa shape index (κ1) is 16.2. The summed E-state index contributed by atoms with van der Waals surface area (Å²) in [4.78, 5) is 14.3. The number of piperidine rings is 1. The van der Waals surface area contributed by atoms with Gasteiger partial charge in [-0.1, -0.05) is 11.6 Å².